The minimum Gasteiger partial charge on any atom is -0.393 e. The molecule has 3 atom stereocenters. The quantitative estimate of drug-likeness (QED) is 0.452. The molecule has 1 aliphatic carbocycles. The van der Waals surface area contributed by atoms with Crippen LogP contribution in [0.3, 0.4) is 0 Å². The van der Waals surface area contributed by atoms with E-state index in [4.69, 9.17) is 0 Å². The maximum absolute atomic E-state index is 13.5. The van der Waals surface area contributed by atoms with Gasteiger partial charge in [-0.2, -0.15) is 13.2 Å². The maximum atomic E-state index is 13.5. The van der Waals surface area contributed by atoms with Crippen molar-refractivity contribution in [3.8, 4) is 0 Å². The van der Waals surface area contributed by atoms with E-state index in [1.54, 1.807) is 6.08 Å². The molecule has 31 heavy (non-hydrogen) atoms. The summed E-state index contributed by atoms with van der Waals surface area (Å²) in [5, 5.41) is 12.8. The lowest BCUT2D eigenvalue weighted by molar-refractivity contribution is -0.0952. The normalized spacial score (nSPS) is 25.9. The highest BCUT2D eigenvalue weighted by Crippen LogP contribution is 2.34. The van der Waals surface area contributed by atoms with Crippen molar-refractivity contribution in [2.75, 3.05) is 40.3 Å². The molecule has 0 spiro atoms. The predicted octanol–water partition coefficient (Wildman–Crippen LogP) is 4.72. The fourth-order valence-electron chi connectivity index (χ4n) is 4.70. The van der Waals surface area contributed by atoms with Crippen LogP contribution >= 0.6 is 0 Å². The number of nitrogens with one attached hydrogen (secondary N) is 1. The van der Waals surface area contributed by atoms with Gasteiger partial charge < -0.3 is 20.2 Å². The SMILES string of the molecule is CC1CC(O)CCN1CCCCCCCNC1=C(C(F)(F)F)CCC(CN(C)C)C=C1. The van der Waals surface area contributed by atoms with Gasteiger partial charge in [0.2, 0.25) is 0 Å². The summed E-state index contributed by atoms with van der Waals surface area (Å²) in [6.07, 6.45) is 6.82. The van der Waals surface area contributed by atoms with Gasteiger partial charge >= 0.3 is 6.18 Å². The van der Waals surface area contributed by atoms with E-state index in [1.807, 2.05) is 25.1 Å². The van der Waals surface area contributed by atoms with E-state index in [1.165, 1.54) is 0 Å². The van der Waals surface area contributed by atoms with Crippen LogP contribution in [0.5, 0.6) is 0 Å². The van der Waals surface area contributed by atoms with E-state index in [2.05, 4.69) is 17.1 Å². The van der Waals surface area contributed by atoms with Gasteiger partial charge in [-0.15, -0.1) is 0 Å². The summed E-state index contributed by atoms with van der Waals surface area (Å²) in [6.45, 7) is 5.59. The monoisotopic (exact) mass is 445 g/mol. The molecule has 1 saturated heterocycles. The number of aliphatic hydroxyl groups is 1. The van der Waals surface area contributed by atoms with Crippen LogP contribution in [-0.4, -0.2) is 73.5 Å². The number of halogens is 3. The van der Waals surface area contributed by atoms with Crippen LogP contribution in [0.25, 0.3) is 0 Å². The van der Waals surface area contributed by atoms with E-state index < -0.39 is 11.7 Å². The number of hydrogen-bond donors (Lipinski definition) is 2. The molecule has 180 valence electrons. The molecule has 0 radical (unpaired) electrons. The van der Waals surface area contributed by atoms with Crippen LogP contribution in [0.15, 0.2) is 23.4 Å². The Balaban J connectivity index is 1.67. The fraction of sp³-hybridized carbons (Fsp3) is 0.833. The largest absolute Gasteiger partial charge is 0.414 e. The Kier molecular flexibility index (Phi) is 10.9. The van der Waals surface area contributed by atoms with Crippen molar-refractivity contribution >= 4 is 0 Å². The number of nitrogens with zero attached hydrogens (tertiary/aromatic N) is 2. The molecule has 0 aromatic heterocycles. The number of alkyl halides is 3. The number of piperidine rings is 1. The van der Waals surface area contributed by atoms with Gasteiger partial charge in [0, 0.05) is 31.4 Å². The van der Waals surface area contributed by atoms with Crippen molar-refractivity contribution in [2.45, 2.75) is 83.0 Å². The molecular formula is C24H42F3N3O. The minimum atomic E-state index is -4.28. The van der Waals surface area contributed by atoms with E-state index in [9.17, 15) is 18.3 Å². The van der Waals surface area contributed by atoms with Crippen molar-refractivity contribution in [2.24, 2.45) is 5.92 Å². The Bertz CT molecular complexity index is 589. The van der Waals surface area contributed by atoms with Crippen LogP contribution in [0.2, 0.25) is 0 Å². The molecule has 0 amide bonds. The first-order valence-electron chi connectivity index (χ1n) is 12.0. The van der Waals surface area contributed by atoms with Gasteiger partial charge in [-0.3, -0.25) is 0 Å². The molecule has 4 nitrogen and oxygen atoms in total. The highest BCUT2D eigenvalue weighted by molar-refractivity contribution is 5.30. The number of rotatable bonds is 11. The van der Waals surface area contributed by atoms with E-state index >= 15 is 0 Å². The molecule has 2 N–H and O–H groups in total. The summed E-state index contributed by atoms with van der Waals surface area (Å²) in [5.74, 6) is 0.150. The van der Waals surface area contributed by atoms with E-state index in [-0.39, 0.29) is 24.1 Å². The zero-order valence-electron chi connectivity index (χ0n) is 19.6. The van der Waals surface area contributed by atoms with Gasteiger partial charge in [-0.05, 0) is 78.1 Å². The smallest absolute Gasteiger partial charge is 0.393 e. The highest BCUT2D eigenvalue weighted by atomic mass is 19.4. The molecule has 0 saturated carbocycles. The average molecular weight is 446 g/mol. The number of allylic oxidation sites excluding steroid dienone is 2. The lowest BCUT2D eigenvalue weighted by Gasteiger charge is -2.35. The second kappa shape index (κ2) is 12.9. The topological polar surface area (TPSA) is 38.7 Å². The third kappa shape index (κ3) is 9.54. The van der Waals surface area contributed by atoms with Crippen molar-refractivity contribution in [1.29, 1.82) is 0 Å². The highest BCUT2D eigenvalue weighted by Gasteiger charge is 2.36. The molecule has 2 rings (SSSR count). The Morgan fingerprint density at radius 1 is 1.13 bits per heavy atom. The van der Waals surface area contributed by atoms with Crippen LogP contribution in [0.4, 0.5) is 13.2 Å². The van der Waals surface area contributed by atoms with Crippen LogP contribution in [0, 0.1) is 5.92 Å². The van der Waals surface area contributed by atoms with Gasteiger partial charge in [-0.25, -0.2) is 0 Å². The van der Waals surface area contributed by atoms with Crippen molar-refractivity contribution in [3.63, 3.8) is 0 Å². The summed E-state index contributed by atoms with van der Waals surface area (Å²) < 4.78 is 40.6. The Morgan fingerprint density at radius 2 is 1.84 bits per heavy atom. The molecule has 1 heterocycles. The third-order valence-corrected chi connectivity index (χ3v) is 6.49. The van der Waals surface area contributed by atoms with Gasteiger partial charge in [-0.1, -0.05) is 25.3 Å². The first-order chi connectivity index (χ1) is 14.7. The lowest BCUT2D eigenvalue weighted by atomic mass is 10.0. The van der Waals surface area contributed by atoms with Gasteiger partial charge in [0.05, 0.1) is 11.7 Å². The minimum absolute atomic E-state index is 0.0727. The molecule has 0 aromatic carbocycles. The van der Waals surface area contributed by atoms with Gasteiger partial charge in [0.25, 0.3) is 0 Å². The van der Waals surface area contributed by atoms with Crippen molar-refractivity contribution in [1.82, 2.24) is 15.1 Å². The lowest BCUT2D eigenvalue weighted by Crippen LogP contribution is -2.42. The average Bonchev–Trinajstić information content (AvgIpc) is 2.87. The second-order valence-corrected chi connectivity index (χ2v) is 9.57. The molecule has 0 bridgehead atoms. The Labute approximate surface area is 186 Å². The van der Waals surface area contributed by atoms with Crippen LogP contribution < -0.4 is 5.32 Å². The number of unbranched alkanes of at least 4 members (excludes halogenated alkanes) is 4. The summed E-state index contributed by atoms with van der Waals surface area (Å²) in [4.78, 5) is 4.48. The fourth-order valence-corrected chi connectivity index (χ4v) is 4.70. The van der Waals surface area contributed by atoms with Crippen molar-refractivity contribution < 1.29 is 18.3 Å². The summed E-state index contributed by atoms with van der Waals surface area (Å²) in [7, 11) is 3.90. The first-order valence-corrected chi connectivity index (χ1v) is 12.0. The van der Waals surface area contributed by atoms with Gasteiger partial charge in [0.1, 0.15) is 0 Å². The number of hydrogen-bond acceptors (Lipinski definition) is 4. The summed E-state index contributed by atoms with van der Waals surface area (Å²) in [6, 6.07) is 0.453. The maximum Gasteiger partial charge on any atom is 0.414 e. The van der Waals surface area contributed by atoms with Crippen LogP contribution in [0.1, 0.15) is 64.7 Å². The molecule has 2 aliphatic rings. The Hall–Kier alpha value is -1.05. The molecule has 1 fully saturated rings. The van der Waals surface area contributed by atoms with E-state index in [0.717, 1.165) is 64.6 Å². The molecule has 0 aromatic rings. The second-order valence-electron chi connectivity index (χ2n) is 9.57. The van der Waals surface area contributed by atoms with Gasteiger partial charge in [0.15, 0.2) is 0 Å². The van der Waals surface area contributed by atoms with Crippen molar-refractivity contribution in [3.05, 3.63) is 23.4 Å². The summed E-state index contributed by atoms with van der Waals surface area (Å²) in [5.41, 5.74) is -0.152. The summed E-state index contributed by atoms with van der Waals surface area (Å²) >= 11 is 0. The number of aliphatic hydroxyl groups excluding tert-OH is 1. The van der Waals surface area contributed by atoms with Crippen LogP contribution in [-0.2, 0) is 0 Å². The molecule has 3 unspecified atom stereocenters. The molecule has 1 aliphatic heterocycles. The third-order valence-electron chi connectivity index (χ3n) is 6.49. The molecular weight excluding hydrogens is 403 g/mol. The first kappa shape index (κ1) is 26.2. The van der Waals surface area contributed by atoms with E-state index in [0.29, 0.717) is 19.0 Å². The number of likely N-dealkylation sites (tertiary alicyclic amines) is 1. The molecule has 7 heteroatoms. The zero-order chi connectivity index (χ0) is 22.9. The predicted molar refractivity (Wildman–Crippen MR) is 121 cm³/mol. The standard InChI is InChI=1S/C24H42F3N3O/c1-19-17-21(31)13-16-30(19)15-8-6-4-5-7-14-28-23-12-10-20(18-29(2)3)9-11-22(23)24(25,26)27/h10,12,19-21,28,31H,4-9,11,13-18H2,1-3H3. The zero-order valence-corrected chi connectivity index (χ0v) is 19.6. The Morgan fingerprint density at radius 3 is 2.52 bits per heavy atom.